The van der Waals surface area contributed by atoms with Crippen LogP contribution >= 0.6 is 0 Å². The van der Waals surface area contributed by atoms with Crippen molar-refractivity contribution in [2.45, 2.75) is 105 Å². The van der Waals surface area contributed by atoms with Gasteiger partial charge in [-0.1, -0.05) is 66.7 Å². The summed E-state index contributed by atoms with van der Waals surface area (Å²) in [6.07, 6.45) is 6.42. The number of hydrogen-bond donors (Lipinski definition) is 1. The van der Waals surface area contributed by atoms with Gasteiger partial charge in [-0.3, -0.25) is 14.4 Å². The summed E-state index contributed by atoms with van der Waals surface area (Å²) in [4.78, 5) is 50.6. The van der Waals surface area contributed by atoms with E-state index in [9.17, 15) is 19.2 Å². The fourth-order valence-electron chi connectivity index (χ4n) is 3.38. The van der Waals surface area contributed by atoms with Crippen LogP contribution in [0.2, 0.25) is 0 Å². The van der Waals surface area contributed by atoms with Crippen LogP contribution in [0.4, 0.5) is 0 Å². The lowest BCUT2D eigenvalue weighted by Crippen LogP contribution is -2.48. The predicted molar refractivity (Wildman–Crippen MR) is 137 cm³/mol. The van der Waals surface area contributed by atoms with Gasteiger partial charge in [0.15, 0.2) is 0 Å². The second-order valence-electron chi connectivity index (χ2n) is 10.0. The number of ether oxygens (including phenoxy) is 3. The minimum absolute atomic E-state index is 0.0778. The minimum Gasteiger partial charge on any atom is -0.481 e. The summed E-state index contributed by atoms with van der Waals surface area (Å²) in [5.74, 6) is -2.73. The number of carbonyl (C=O) groups excluding carboxylic acids is 3. The number of unbranched alkanes of at least 4 members (excludes halogenated alkanes) is 5. The quantitative estimate of drug-likeness (QED) is 0.164. The van der Waals surface area contributed by atoms with Crippen LogP contribution in [0.5, 0.6) is 0 Å². The van der Waals surface area contributed by atoms with Crippen LogP contribution in [-0.2, 0) is 33.4 Å². The Morgan fingerprint density at radius 2 is 1.36 bits per heavy atom. The number of hydrogen-bond acceptors (Lipinski definition) is 7. The molecule has 0 aliphatic carbocycles. The zero-order valence-electron chi connectivity index (χ0n) is 23.1. The van der Waals surface area contributed by atoms with Crippen LogP contribution in [0.1, 0.15) is 98.8 Å². The Morgan fingerprint density at radius 3 is 1.97 bits per heavy atom. The molecule has 1 amide bonds. The molecule has 1 N–H and O–H groups in total. The normalized spacial score (nSPS) is 12.0. The first-order valence-corrected chi connectivity index (χ1v) is 13.5. The zero-order chi connectivity index (χ0) is 27.3. The second kappa shape index (κ2) is 21.0. The molecule has 0 spiro atoms. The van der Waals surface area contributed by atoms with Gasteiger partial charge in [0.1, 0.15) is 6.04 Å². The Bertz CT molecular complexity index is 635. The molecule has 0 aromatic heterocycles. The van der Waals surface area contributed by atoms with Gasteiger partial charge in [0.25, 0.3) is 0 Å². The number of carbonyl (C=O) groups is 4. The molecule has 9 heteroatoms. The molecule has 9 nitrogen and oxygen atoms in total. The van der Waals surface area contributed by atoms with E-state index >= 15 is 0 Å². The highest BCUT2D eigenvalue weighted by Crippen LogP contribution is 2.14. The highest BCUT2D eigenvalue weighted by Gasteiger charge is 2.33. The minimum atomic E-state index is -1.18. The summed E-state index contributed by atoms with van der Waals surface area (Å²) >= 11 is 0. The molecule has 0 fully saturated rings. The van der Waals surface area contributed by atoms with E-state index in [1.165, 1.54) is 30.6 Å². The standard InChI is InChI=1S/C27H49NO8/c1-6-7-8-9-10-11-16-34-17-12-15-28(24(29)13-14-25(30)31)23(27(33)36-20-22(4)5)18-26(32)35-19-21(2)3/h21-23H,6-20H2,1-5H3,(H,30,31). The fraction of sp³-hybridized carbons (Fsp3) is 0.852. The van der Waals surface area contributed by atoms with Crippen molar-refractivity contribution in [2.75, 3.05) is 33.0 Å². The van der Waals surface area contributed by atoms with E-state index in [4.69, 9.17) is 19.3 Å². The van der Waals surface area contributed by atoms with Crippen LogP contribution in [0.3, 0.4) is 0 Å². The lowest BCUT2D eigenvalue weighted by atomic mass is 10.1. The molecular formula is C27H49NO8. The van der Waals surface area contributed by atoms with Crippen molar-refractivity contribution in [3.8, 4) is 0 Å². The molecule has 0 aromatic rings. The molecule has 0 rings (SSSR count). The summed E-state index contributed by atoms with van der Waals surface area (Å²) in [5.41, 5.74) is 0. The number of rotatable bonds is 22. The average Bonchev–Trinajstić information content (AvgIpc) is 2.82. The number of aliphatic carboxylic acids is 1. The first-order valence-electron chi connectivity index (χ1n) is 13.5. The number of carboxylic acid groups (broad SMARTS) is 1. The van der Waals surface area contributed by atoms with Gasteiger partial charge in [-0.25, -0.2) is 4.79 Å². The van der Waals surface area contributed by atoms with E-state index in [2.05, 4.69) is 6.92 Å². The smallest absolute Gasteiger partial charge is 0.329 e. The Balaban J connectivity index is 5.16. The van der Waals surface area contributed by atoms with Gasteiger partial charge in [-0.2, -0.15) is 0 Å². The first-order chi connectivity index (χ1) is 17.1. The first kappa shape index (κ1) is 33.8. The van der Waals surface area contributed by atoms with Crippen LogP contribution in [-0.4, -0.2) is 72.8 Å². The highest BCUT2D eigenvalue weighted by molar-refractivity contribution is 5.89. The van der Waals surface area contributed by atoms with Gasteiger partial charge in [0, 0.05) is 26.2 Å². The molecular weight excluding hydrogens is 466 g/mol. The summed E-state index contributed by atoms with van der Waals surface area (Å²) in [6.45, 7) is 11.3. The summed E-state index contributed by atoms with van der Waals surface area (Å²) < 4.78 is 16.3. The van der Waals surface area contributed by atoms with Crippen molar-refractivity contribution < 1.29 is 38.5 Å². The van der Waals surface area contributed by atoms with Gasteiger partial charge in [0.2, 0.25) is 5.91 Å². The number of nitrogens with zero attached hydrogens (tertiary/aromatic N) is 1. The number of amides is 1. The predicted octanol–water partition coefficient (Wildman–Crippen LogP) is 4.60. The maximum absolute atomic E-state index is 12.9. The number of esters is 2. The van der Waals surface area contributed by atoms with Crippen molar-refractivity contribution in [3.05, 3.63) is 0 Å². The van der Waals surface area contributed by atoms with Crippen molar-refractivity contribution in [1.29, 1.82) is 0 Å². The largest absolute Gasteiger partial charge is 0.481 e. The third kappa shape index (κ3) is 18.2. The van der Waals surface area contributed by atoms with E-state index in [1.807, 2.05) is 27.7 Å². The van der Waals surface area contributed by atoms with Crippen LogP contribution in [0, 0.1) is 11.8 Å². The molecule has 36 heavy (non-hydrogen) atoms. The van der Waals surface area contributed by atoms with Crippen molar-refractivity contribution >= 4 is 23.8 Å². The molecule has 0 saturated heterocycles. The van der Waals surface area contributed by atoms with Crippen LogP contribution < -0.4 is 0 Å². The fourth-order valence-corrected chi connectivity index (χ4v) is 3.38. The van der Waals surface area contributed by atoms with Crippen molar-refractivity contribution in [2.24, 2.45) is 11.8 Å². The van der Waals surface area contributed by atoms with E-state index in [0.29, 0.717) is 19.6 Å². The molecule has 0 saturated carbocycles. The van der Waals surface area contributed by atoms with Gasteiger partial charge >= 0.3 is 17.9 Å². The lowest BCUT2D eigenvalue weighted by Gasteiger charge is -2.30. The van der Waals surface area contributed by atoms with E-state index in [1.54, 1.807) is 0 Å². The topological polar surface area (TPSA) is 119 Å². The molecule has 0 heterocycles. The molecule has 0 bridgehead atoms. The Kier molecular flexibility index (Phi) is 19.7. The van der Waals surface area contributed by atoms with Crippen molar-refractivity contribution in [3.63, 3.8) is 0 Å². The van der Waals surface area contributed by atoms with Gasteiger partial charge in [-0.15, -0.1) is 0 Å². The Morgan fingerprint density at radius 1 is 0.778 bits per heavy atom. The van der Waals surface area contributed by atoms with E-state index < -0.39 is 29.9 Å². The summed E-state index contributed by atoms with van der Waals surface area (Å²) in [7, 11) is 0. The summed E-state index contributed by atoms with van der Waals surface area (Å²) in [6, 6.07) is -1.18. The van der Waals surface area contributed by atoms with Crippen LogP contribution in [0.15, 0.2) is 0 Å². The van der Waals surface area contributed by atoms with E-state index in [0.717, 1.165) is 12.8 Å². The van der Waals surface area contributed by atoms with Crippen LogP contribution in [0.25, 0.3) is 0 Å². The van der Waals surface area contributed by atoms with Crippen molar-refractivity contribution in [1.82, 2.24) is 4.90 Å². The van der Waals surface area contributed by atoms with Gasteiger partial charge in [0.05, 0.1) is 26.1 Å². The third-order valence-electron chi connectivity index (χ3n) is 5.35. The second-order valence-corrected chi connectivity index (χ2v) is 10.0. The van der Waals surface area contributed by atoms with Gasteiger partial charge in [-0.05, 0) is 24.7 Å². The van der Waals surface area contributed by atoms with E-state index in [-0.39, 0.29) is 50.9 Å². The molecule has 1 atom stereocenters. The Hall–Kier alpha value is -2.16. The third-order valence-corrected chi connectivity index (χ3v) is 5.35. The summed E-state index contributed by atoms with van der Waals surface area (Å²) in [5, 5.41) is 9.01. The highest BCUT2D eigenvalue weighted by atomic mass is 16.5. The maximum Gasteiger partial charge on any atom is 0.329 e. The monoisotopic (exact) mass is 515 g/mol. The molecule has 1 unspecified atom stereocenters. The zero-order valence-corrected chi connectivity index (χ0v) is 23.1. The molecule has 0 radical (unpaired) electrons. The maximum atomic E-state index is 12.9. The number of carboxylic acids is 1. The Labute approximate surface area is 217 Å². The molecule has 0 aliphatic heterocycles. The van der Waals surface area contributed by atoms with Gasteiger partial charge < -0.3 is 24.2 Å². The molecule has 0 aromatic carbocycles. The molecule has 210 valence electrons. The molecule has 0 aliphatic rings. The average molecular weight is 516 g/mol. The SMILES string of the molecule is CCCCCCCCOCCCN(C(=O)CCC(=O)O)C(CC(=O)OCC(C)C)C(=O)OCC(C)C. The lowest BCUT2D eigenvalue weighted by molar-refractivity contribution is -0.161.